The molecule has 3 nitrogen and oxygen atoms in total. The first kappa shape index (κ1) is 14.7. The minimum absolute atomic E-state index is 0.0326. The van der Waals surface area contributed by atoms with E-state index in [1.54, 1.807) is 6.92 Å². The van der Waals surface area contributed by atoms with E-state index in [0.717, 1.165) is 24.8 Å². The van der Waals surface area contributed by atoms with Gasteiger partial charge in [0, 0.05) is 23.9 Å². The fourth-order valence-corrected chi connectivity index (χ4v) is 4.31. The smallest absolute Gasteiger partial charge is 0.151 e. The summed E-state index contributed by atoms with van der Waals surface area (Å²) in [6, 6.07) is 6.98. The second-order valence-electron chi connectivity index (χ2n) is 6.79. The highest BCUT2D eigenvalue weighted by atomic mass is 19.1. The normalized spacial score (nSPS) is 37.4. The molecule has 1 aliphatic heterocycles. The van der Waals surface area contributed by atoms with E-state index >= 15 is 0 Å². The molecule has 1 spiro atoms. The molecule has 1 aliphatic carbocycles. The van der Waals surface area contributed by atoms with Crippen LogP contribution in [0.2, 0.25) is 0 Å². The number of rotatable bonds is 4. The van der Waals surface area contributed by atoms with Gasteiger partial charge in [-0.25, -0.2) is 4.39 Å². The molecule has 0 radical (unpaired) electrons. The average Bonchev–Trinajstić information content (AvgIpc) is 2.85. The van der Waals surface area contributed by atoms with Crippen LogP contribution in [-0.4, -0.2) is 40.5 Å². The molecule has 1 saturated heterocycles. The number of carbonyl (C=O) groups excluding carboxylic acids is 1. The van der Waals surface area contributed by atoms with Crippen LogP contribution in [0, 0.1) is 5.82 Å². The maximum Gasteiger partial charge on any atom is 0.151 e. The van der Waals surface area contributed by atoms with Gasteiger partial charge in [-0.2, -0.15) is 0 Å². The second-order valence-corrected chi connectivity index (χ2v) is 6.79. The van der Waals surface area contributed by atoms with Gasteiger partial charge in [0.15, 0.2) is 6.29 Å². The molecule has 1 N–H and O–H groups in total. The summed E-state index contributed by atoms with van der Waals surface area (Å²) < 4.78 is 13.1. The number of benzene rings is 1. The van der Waals surface area contributed by atoms with E-state index in [2.05, 4.69) is 11.9 Å². The van der Waals surface area contributed by atoms with Gasteiger partial charge in [0.05, 0.1) is 0 Å². The second kappa shape index (κ2) is 4.89. The Labute approximate surface area is 124 Å². The molecule has 0 aromatic heterocycles. The predicted molar refractivity (Wildman–Crippen MR) is 78.6 cm³/mol. The van der Waals surface area contributed by atoms with Crippen LogP contribution in [-0.2, 0) is 4.79 Å². The molecule has 0 bridgehead atoms. The minimum Gasteiger partial charge on any atom is -0.383 e. The summed E-state index contributed by atoms with van der Waals surface area (Å²) in [5.74, 6) is 0.144. The fraction of sp³-hybridized carbons (Fsp3) is 0.588. The van der Waals surface area contributed by atoms with Crippen molar-refractivity contribution >= 4 is 6.29 Å². The lowest BCUT2D eigenvalue weighted by atomic mass is 9.83. The molecule has 1 saturated carbocycles. The molecule has 0 amide bonds. The van der Waals surface area contributed by atoms with Gasteiger partial charge in [-0.05, 0) is 44.5 Å². The van der Waals surface area contributed by atoms with E-state index in [9.17, 15) is 14.3 Å². The molecule has 1 heterocycles. The number of hydrogen-bond donors (Lipinski definition) is 1. The zero-order valence-electron chi connectivity index (χ0n) is 12.6. The van der Waals surface area contributed by atoms with Crippen LogP contribution in [0.3, 0.4) is 0 Å². The molecule has 1 aromatic rings. The molecular formula is C17H22FNO2. The largest absolute Gasteiger partial charge is 0.383 e. The van der Waals surface area contributed by atoms with Crippen molar-refractivity contribution in [2.75, 3.05) is 7.05 Å². The Morgan fingerprint density at radius 3 is 2.76 bits per heavy atom. The predicted octanol–water partition coefficient (Wildman–Crippen LogP) is 2.49. The quantitative estimate of drug-likeness (QED) is 0.684. The van der Waals surface area contributed by atoms with Gasteiger partial charge in [-0.3, -0.25) is 4.90 Å². The molecule has 114 valence electrons. The maximum absolute atomic E-state index is 13.1. The Kier molecular flexibility index (Phi) is 3.41. The van der Waals surface area contributed by atoms with E-state index < -0.39 is 5.60 Å². The Morgan fingerprint density at radius 1 is 1.48 bits per heavy atom. The first-order valence-corrected chi connectivity index (χ1v) is 7.58. The average molecular weight is 291 g/mol. The van der Waals surface area contributed by atoms with E-state index in [4.69, 9.17) is 0 Å². The van der Waals surface area contributed by atoms with Crippen molar-refractivity contribution in [3.8, 4) is 0 Å². The first-order chi connectivity index (χ1) is 9.90. The van der Waals surface area contributed by atoms with Gasteiger partial charge in [0.25, 0.3) is 0 Å². The third-order valence-corrected chi connectivity index (χ3v) is 5.44. The van der Waals surface area contributed by atoms with Crippen LogP contribution in [0.15, 0.2) is 24.3 Å². The van der Waals surface area contributed by atoms with E-state index in [1.165, 1.54) is 12.1 Å². The van der Waals surface area contributed by atoms with E-state index in [0.29, 0.717) is 18.6 Å². The van der Waals surface area contributed by atoms with Crippen LogP contribution in [0.1, 0.15) is 44.1 Å². The van der Waals surface area contributed by atoms with Crippen LogP contribution in [0.4, 0.5) is 4.39 Å². The van der Waals surface area contributed by atoms with Gasteiger partial charge in [-0.1, -0.05) is 18.6 Å². The van der Waals surface area contributed by atoms with Gasteiger partial charge in [0.2, 0.25) is 0 Å². The van der Waals surface area contributed by atoms with Gasteiger partial charge >= 0.3 is 0 Å². The van der Waals surface area contributed by atoms with Crippen LogP contribution in [0.25, 0.3) is 0 Å². The number of likely N-dealkylation sites (N-methyl/N-ethyl adjacent to an activating group) is 1. The third-order valence-electron chi connectivity index (χ3n) is 5.44. The first-order valence-electron chi connectivity index (χ1n) is 7.58. The topological polar surface area (TPSA) is 40.3 Å². The highest BCUT2D eigenvalue weighted by Crippen LogP contribution is 2.60. The van der Waals surface area contributed by atoms with Crippen molar-refractivity contribution < 1.29 is 14.3 Å². The summed E-state index contributed by atoms with van der Waals surface area (Å²) in [5.41, 5.74) is -0.0718. The van der Waals surface area contributed by atoms with Crippen molar-refractivity contribution in [1.29, 1.82) is 0 Å². The van der Waals surface area contributed by atoms with Crippen molar-refractivity contribution in [2.24, 2.45) is 0 Å². The number of aliphatic hydroxyl groups is 1. The SMILES string of the molecule is CN1C(CC(C)(O)C=O)C12CCCC2c1ccc(F)cc1. The molecule has 2 aliphatic rings. The van der Waals surface area contributed by atoms with Gasteiger partial charge < -0.3 is 9.90 Å². The van der Waals surface area contributed by atoms with Gasteiger partial charge in [-0.15, -0.1) is 0 Å². The zero-order valence-corrected chi connectivity index (χ0v) is 12.6. The number of aldehydes is 1. The highest BCUT2D eigenvalue weighted by molar-refractivity contribution is 5.61. The molecule has 3 rings (SSSR count). The Hall–Kier alpha value is -1.26. The third kappa shape index (κ3) is 2.30. The van der Waals surface area contributed by atoms with Crippen molar-refractivity contribution in [3.05, 3.63) is 35.6 Å². The van der Waals surface area contributed by atoms with Crippen LogP contribution >= 0.6 is 0 Å². The van der Waals surface area contributed by atoms with Crippen molar-refractivity contribution in [2.45, 2.75) is 55.7 Å². The van der Waals surface area contributed by atoms with Crippen LogP contribution in [0.5, 0.6) is 0 Å². The molecule has 4 heteroatoms. The Balaban J connectivity index is 1.84. The van der Waals surface area contributed by atoms with Crippen LogP contribution < -0.4 is 0 Å². The standard InChI is InChI=1S/C17H22FNO2/c1-16(21,11-20)10-15-17(19(15)2)9-3-4-14(17)12-5-7-13(18)8-6-12/h5-8,11,14-15,21H,3-4,9-10H2,1-2H3. The van der Waals surface area contributed by atoms with E-state index in [1.807, 2.05) is 12.1 Å². The molecule has 1 aromatic carbocycles. The fourth-order valence-electron chi connectivity index (χ4n) is 4.31. The zero-order chi connectivity index (χ0) is 15.3. The Morgan fingerprint density at radius 2 is 2.14 bits per heavy atom. The van der Waals surface area contributed by atoms with Crippen molar-refractivity contribution in [1.82, 2.24) is 4.90 Å². The number of carbonyl (C=O) groups is 1. The number of hydrogen-bond acceptors (Lipinski definition) is 3. The monoisotopic (exact) mass is 291 g/mol. The summed E-state index contributed by atoms with van der Waals surface area (Å²) in [6.45, 7) is 1.57. The lowest BCUT2D eigenvalue weighted by Crippen LogP contribution is -2.31. The lowest BCUT2D eigenvalue weighted by Gasteiger charge is -2.22. The number of halogens is 1. The molecule has 21 heavy (non-hydrogen) atoms. The maximum atomic E-state index is 13.1. The summed E-state index contributed by atoms with van der Waals surface area (Å²) in [6.07, 6.45) is 4.38. The lowest BCUT2D eigenvalue weighted by molar-refractivity contribution is -0.123. The molecular weight excluding hydrogens is 269 g/mol. The molecule has 2 fully saturated rings. The minimum atomic E-state index is -1.27. The molecule has 5 atom stereocenters. The van der Waals surface area contributed by atoms with E-state index in [-0.39, 0.29) is 17.4 Å². The van der Waals surface area contributed by atoms with Gasteiger partial charge in [0.1, 0.15) is 11.4 Å². The molecule has 5 unspecified atom stereocenters. The summed E-state index contributed by atoms with van der Waals surface area (Å²) in [7, 11) is 2.06. The number of nitrogens with zero attached hydrogens (tertiary/aromatic N) is 1. The van der Waals surface area contributed by atoms with Crippen molar-refractivity contribution in [3.63, 3.8) is 0 Å². The Bertz CT molecular complexity index is 542. The summed E-state index contributed by atoms with van der Waals surface area (Å²) >= 11 is 0. The summed E-state index contributed by atoms with van der Waals surface area (Å²) in [5, 5.41) is 10.0. The highest BCUT2D eigenvalue weighted by Gasteiger charge is 2.66. The summed E-state index contributed by atoms with van der Waals surface area (Å²) in [4.78, 5) is 13.3.